The number of likely N-dealkylation sites (N-methyl/N-ethyl adjacent to an activating group) is 1. The number of allylic oxidation sites excluding steroid dienone is 2. The molecule has 0 spiro atoms. The fourth-order valence-corrected chi connectivity index (χ4v) is 11.4. The van der Waals surface area contributed by atoms with Gasteiger partial charge < -0.3 is 28.8 Å². The number of amides is 1. The second kappa shape index (κ2) is 58.9. The van der Waals surface area contributed by atoms with Crippen LogP contribution in [0.25, 0.3) is 0 Å². The Balaban J connectivity index is 3.83. The van der Waals surface area contributed by atoms with Crippen LogP contribution in [-0.2, 0) is 18.4 Å². The van der Waals surface area contributed by atoms with Crippen LogP contribution in [0.15, 0.2) is 12.2 Å². The lowest BCUT2D eigenvalue weighted by Gasteiger charge is -2.30. The minimum absolute atomic E-state index is 0.0160. The van der Waals surface area contributed by atoms with E-state index < -0.39 is 20.0 Å². The molecule has 0 aliphatic carbocycles. The van der Waals surface area contributed by atoms with Crippen molar-refractivity contribution < 1.29 is 32.9 Å². The van der Waals surface area contributed by atoms with Crippen molar-refractivity contribution in [2.45, 2.75) is 373 Å². The van der Waals surface area contributed by atoms with E-state index >= 15 is 0 Å². The summed E-state index contributed by atoms with van der Waals surface area (Å²) in [6.07, 6.45) is 74.4. The van der Waals surface area contributed by atoms with Crippen LogP contribution in [-0.4, -0.2) is 68.5 Å². The standard InChI is InChI=1S/C67H135N2O6P/c1-6-8-10-12-14-16-18-20-22-23-24-25-26-27-28-29-30-31-32-33-34-35-36-37-38-39-40-41-42-43-44-45-47-49-51-53-55-57-59-61-67(71)68-65(64-75-76(72,73)74-63-62-69(3,4)5)66(70)60-58-56-54-52-50-48-46-21-19-17-15-13-11-9-7-2/h23-24,65-66,70H,6-22,25-64H2,1-5H3,(H-,68,71,72,73)/b24-23-. The molecular formula is C67H135N2O6P. The van der Waals surface area contributed by atoms with Crippen LogP contribution in [0.2, 0.25) is 0 Å². The molecule has 0 fully saturated rings. The number of nitrogens with one attached hydrogen (secondary N) is 1. The second-order valence-corrected chi connectivity index (χ2v) is 26.3. The van der Waals surface area contributed by atoms with E-state index in [0.29, 0.717) is 23.9 Å². The van der Waals surface area contributed by atoms with Crippen molar-refractivity contribution in [2.24, 2.45) is 0 Å². The van der Waals surface area contributed by atoms with Crippen LogP contribution in [0.5, 0.6) is 0 Å². The maximum Gasteiger partial charge on any atom is 0.268 e. The molecular weight excluding hydrogens is 960 g/mol. The molecule has 0 aliphatic rings. The Bertz CT molecular complexity index is 1240. The number of aliphatic hydroxyl groups is 1. The van der Waals surface area contributed by atoms with E-state index in [1.165, 1.54) is 295 Å². The lowest BCUT2D eigenvalue weighted by Crippen LogP contribution is -2.46. The molecule has 1 amide bonds. The minimum atomic E-state index is -4.57. The maximum absolute atomic E-state index is 13.0. The summed E-state index contributed by atoms with van der Waals surface area (Å²) in [5.41, 5.74) is 0. The fourth-order valence-electron chi connectivity index (χ4n) is 10.7. The topological polar surface area (TPSA) is 108 Å². The Kier molecular flexibility index (Phi) is 58.3. The molecule has 8 nitrogen and oxygen atoms in total. The Morgan fingerprint density at radius 3 is 1.03 bits per heavy atom. The van der Waals surface area contributed by atoms with Gasteiger partial charge in [-0.2, -0.15) is 0 Å². The van der Waals surface area contributed by atoms with Gasteiger partial charge in [-0.3, -0.25) is 9.36 Å². The van der Waals surface area contributed by atoms with E-state index in [0.717, 1.165) is 38.5 Å². The number of hydrogen-bond acceptors (Lipinski definition) is 6. The summed E-state index contributed by atoms with van der Waals surface area (Å²) in [5, 5.41) is 14.0. The lowest BCUT2D eigenvalue weighted by molar-refractivity contribution is -0.870. The van der Waals surface area contributed by atoms with Crippen LogP contribution >= 0.6 is 7.82 Å². The molecule has 454 valence electrons. The maximum atomic E-state index is 13.0. The molecule has 9 heteroatoms. The van der Waals surface area contributed by atoms with Crippen LogP contribution in [0, 0.1) is 0 Å². The van der Waals surface area contributed by atoms with Gasteiger partial charge in [0, 0.05) is 6.42 Å². The molecule has 0 aromatic rings. The number of aliphatic hydroxyl groups excluding tert-OH is 1. The summed E-state index contributed by atoms with van der Waals surface area (Å²) in [7, 11) is 1.33. The van der Waals surface area contributed by atoms with Crippen LogP contribution in [0.1, 0.15) is 361 Å². The zero-order valence-electron chi connectivity index (χ0n) is 52.0. The quantitative estimate of drug-likeness (QED) is 0.0272. The summed E-state index contributed by atoms with van der Waals surface area (Å²) in [4.78, 5) is 25.6. The SMILES string of the molecule is CCCCCCCCCC/C=C\CCCCCCCCCCCCCCCCCCCCCCCCCCCCCC(=O)NC(COP(=O)([O-])OCC[N+](C)(C)C)C(O)CCCCCCCCCCCCCCCCC. The van der Waals surface area contributed by atoms with Crippen molar-refractivity contribution in [2.75, 3.05) is 40.9 Å². The highest BCUT2D eigenvalue weighted by Gasteiger charge is 2.24. The zero-order valence-corrected chi connectivity index (χ0v) is 52.9. The molecule has 0 bridgehead atoms. The normalized spacial score (nSPS) is 13.7. The van der Waals surface area contributed by atoms with Crippen molar-refractivity contribution in [3.8, 4) is 0 Å². The zero-order chi connectivity index (χ0) is 55.6. The van der Waals surface area contributed by atoms with E-state index in [1.807, 2.05) is 21.1 Å². The van der Waals surface area contributed by atoms with E-state index in [2.05, 4.69) is 31.3 Å². The van der Waals surface area contributed by atoms with Crippen LogP contribution in [0.3, 0.4) is 0 Å². The highest BCUT2D eigenvalue weighted by atomic mass is 31.2. The third-order valence-corrected chi connectivity index (χ3v) is 17.0. The smallest absolute Gasteiger partial charge is 0.268 e. The van der Waals surface area contributed by atoms with Crippen molar-refractivity contribution in [1.29, 1.82) is 0 Å². The molecule has 0 radical (unpaired) electrons. The number of unbranched alkanes of at least 4 members (excludes halogenated alkanes) is 49. The molecule has 76 heavy (non-hydrogen) atoms. The molecule has 0 saturated carbocycles. The number of phosphoric acid groups is 1. The van der Waals surface area contributed by atoms with Crippen molar-refractivity contribution in [3.63, 3.8) is 0 Å². The number of rotatable bonds is 64. The summed E-state index contributed by atoms with van der Waals surface area (Å²) < 4.78 is 23.5. The predicted octanol–water partition coefficient (Wildman–Crippen LogP) is 20.7. The average Bonchev–Trinajstić information content (AvgIpc) is 3.38. The van der Waals surface area contributed by atoms with E-state index in [1.54, 1.807) is 0 Å². The Hall–Kier alpha value is -0.760. The highest BCUT2D eigenvalue weighted by Crippen LogP contribution is 2.38. The Labute approximate surface area is 475 Å². The fraction of sp³-hybridized carbons (Fsp3) is 0.955. The molecule has 0 saturated heterocycles. The van der Waals surface area contributed by atoms with Gasteiger partial charge in [0.05, 0.1) is 39.9 Å². The van der Waals surface area contributed by atoms with E-state index in [-0.39, 0.29) is 19.1 Å². The van der Waals surface area contributed by atoms with Crippen molar-refractivity contribution in [3.05, 3.63) is 12.2 Å². The van der Waals surface area contributed by atoms with Gasteiger partial charge in [-0.05, 0) is 38.5 Å². The Morgan fingerprint density at radius 2 is 0.724 bits per heavy atom. The van der Waals surface area contributed by atoms with Gasteiger partial charge in [-0.15, -0.1) is 0 Å². The first kappa shape index (κ1) is 75.2. The number of quaternary nitrogens is 1. The van der Waals surface area contributed by atoms with Gasteiger partial charge in [-0.1, -0.05) is 328 Å². The third-order valence-electron chi connectivity index (χ3n) is 16.0. The van der Waals surface area contributed by atoms with Crippen molar-refractivity contribution >= 4 is 13.7 Å². The number of carbonyl (C=O) groups is 1. The molecule has 0 aromatic heterocycles. The van der Waals surface area contributed by atoms with Gasteiger partial charge in [-0.25, -0.2) is 0 Å². The lowest BCUT2D eigenvalue weighted by atomic mass is 10.0. The van der Waals surface area contributed by atoms with Gasteiger partial charge in [0.2, 0.25) is 5.91 Å². The van der Waals surface area contributed by atoms with Gasteiger partial charge >= 0.3 is 0 Å². The number of phosphoric ester groups is 1. The minimum Gasteiger partial charge on any atom is -0.756 e. The molecule has 0 rings (SSSR count). The van der Waals surface area contributed by atoms with Gasteiger partial charge in [0.25, 0.3) is 7.82 Å². The first-order valence-corrected chi connectivity index (χ1v) is 35.5. The summed E-state index contributed by atoms with van der Waals surface area (Å²) in [6, 6.07) is -0.796. The molecule has 3 atom stereocenters. The monoisotopic (exact) mass is 1100 g/mol. The third kappa shape index (κ3) is 60.9. The first-order valence-electron chi connectivity index (χ1n) is 34.0. The second-order valence-electron chi connectivity index (χ2n) is 24.9. The molecule has 0 heterocycles. The predicted molar refractivity (Wildman–Crippen MR) is 330 cm³/mol. The Morgan fingerprint density at radius 1 is 0.447 bits per heavy atom. The molecule has 0 aliphatic heterocycles. The largest absolute Gasteiger partial charge is 0.756 e. The highest BCUT2D eigenvalue weighted by molar-refractivity contribution is 7.45. The molecule has 2 N–H and O–H groups in total. The van der Waals surface area contributed by atoms with E-state index in [4.69, 9.17) is 9.05 Å². The van der Waals surface area contributed by atoms with Gasteiger partial charge in [0.1, 0.15) is 13.2 Å². The van der Waals surface area contributed by atoms with Crippen molar-refractivity contribution in [1.82, 2.24) is 5.32 Å². The number of hydrogen-bond donors (Lipinski definition) is 2. The first-order chi connectivity index (χ1) is 37.0. The average molecular weight is 1100 g/mol. The van der Waals surface area contributed by atoms with E-state index in [9.17, 15) is 19.4 Å². The van der Waals surface area contributed by atoms with Gasteiger partial charge in [0.15, 0.2) is 0 Å². The molecule has 3 unspecified atom stereocenters. The van der Waals surface area contributed by atoms with Crippen LogP contribution in [0.4, 0.5) is 0 Å². The number of nitrogens with zero attached hydrogens (tertiary/aromatic N) is 1. The molecule has 0 aromatic carbocycles. The summed E-state index contributed by atoms with van der Waals surface area (Å²) >= 11 is 0. The van der Waals surface area contributed by atoms with Crippen LogP contribution < -0.4 is 10.2 Å². The summed E-state index contributed by atoms with van der Waals surface area (Å²) in [6.45, 7) is 4.77. The summed E-state index contributed by atoms with van der Waals surface area (Å²) in [5.74, 6) is -0.156. The number of carbonyl (C=O) groups excluding carboxylic acids is 1.